The molecule has 0 aliphatic heterocycles. The summed E-state index contributed by atoms with van der Waals surface area (Å²) >= 11 is 0. The highest BCUT2D eigenvalue weighted by molar-refractivity contribution is 6.04. The lowest BCUT2D eigenvalue weighted by Gasteiger charge is -2.10. The van der Waals surface area contributed by atoms with Gasteiger partial charge in [-0.1, -0.05) is 18.2 Å². The molecule has 0 radical (unpaired) electrons. The number of carbonyl (C=O) groups excluding carboxylic acids is 1. The van der Waals surface area contributed by atoms with Gasteiger partial charge in [0, 0.05) is 17.7 Å². The molecule has 0 bridgehead atoms. The topological polar surface area (TPSA) is 56.1 Å². The number of carbonyl (C=O) groups is 1. The number of nitrogens with zero attached hydrogens (tertiary/aromatic N) is 2. The Morgan fingerprint density at radius 3 is 2.54 bits per heavy atom. The summed E-state index contributed by atoms with van der Waals surface area (Å²) in [6.45, 7) is 9.90. The number of benzene rings is 1. The third-order valence-corrected chi connectivity index (χ3v) is 3.94. The van der Waals surface area contributed by atoms with Crippen molar-refractivity contribution >= 4 is 17.2 Å². The monoisotopic (exact) mass is 327 g/mol. The lowest BCUT2D eigenvalue weighted by atomic mass is 10.1. The molecule has 1 amide bonds. The number of allylic oxidation sites excluding steroid dienone is 1. The Bertz CT molecular complexity index is 773. The molecule has 2 aromatic rings. The Labute approximate surface area is 143 Å². The second kappa shape index (κ2) is 7.34. The van der Waals surface area contributed by atoms with Crippen molar-refractivity contribution in [3.63, 3.8) is 0 Å². The van der Waals surface area contributed by atoms with Gasteiger partial charge in [-0.15, -0.1) is 0 Å². The van der Waals surface area contributed by atoms with E-state index in [-0.39, 0.29) is 11.9 Å². The minimum Gasteiger partial charge on any atom is -0.496 e. The SMILES string of the molecule is COc1ccccc1/C(C)=C\C(=O)Nc1c(C)nn(C(C)C)c1C. The van der Waals surface area contributed by atoms with Crippen LogP contribution in [0, 0.1) is 13.8 Å². The highest BCUT2D eigenvalue weighted by Gasteiger charge is 2.15. The van der Waals surface area contributed by atoms with E-state index in [9.17, 15) is 4.79 Å². The van der Waals surface area contributed by atoms with Gasteiger partial charge in [0.15, 0.2) is 0 Å². The van der Waals surface area contributed by atoms with E-state index in [4.69, 9.17) is 4.74 Å². The largest absolute Gasteiger partial charge is 0.496 e. The summed E-state index contributed by atoms with van der Waals surface area (Å²) in [4.78, 5) is 12.4. The molecule has 128 valence electrons. The van der Waals surface area contributed by atoms with Gasteiger partial charge >= 0.3 is 0 Å². The Kier molecular flexibility index (Phi) is 5.44. The molecule has 0 saturated carbocycles. The summed E-state index contributed by atoms with van der Waals surface area (Å²) < 4.78 is 7.27. The minimum absolute atomic E-state index is 0.173. The first-order valence-electron chi connectivity index (χ1n) is 8.03. The van der Waals surface area contributed by atoms with Crippen LogP contribution in [0.5, 0.6) is 5.75 Å². The average molecular weight is 327 g/mol. The van der Waals surface area contributed by atoms with E-state index in [0.29, 0.717) is 0 Å². The van der Waals surface area contributed by atoms with Crippen LogP contribution in [0.15, 0.2) is 30.3 Å². The number of hydrogen-bond acceptors (Lipinski definition) is 3. The van der Waals surface area contributed by atoms with Gasteiger partial charge in [-0.3, -0.25) is 9.48 Å². The first kappa shape index (κ1) is 17.8. The molecular formula is C19H25N3O2. The molecule has 2 rings (SSSR count). The van der Waals surface area contributed by atoms with Crippen LogP contribution in [-0.4, -0.2) is 22.8 Å². The highest BCUT2D eigenvalue weighted by Crippen LogP contribution is 2.26. The second-order valence-corrected chi connectivity index (χ2v) is 6.10. The zero-order valence-electron chi connectivity index (χ0n) is 15.2. The first-order chi connectivity index (χ1) is 11.3. The van der Waals surface area contributed by atoms with Crippen molar-refractivity contribution in [2.75, 3.05) is 12.4 Å². The molecule has 0 saturated heterocycles. The van der Waals surface area contributed by atoms with Crippen molar-refractivity contribution in [3.05, 3.63) is 47.3 Å². The average Bonchev–Trinajstić information content (AvgIpc) is 2.83. The van der Waals surface area contributed by atoms with Crippen molar-refractivity contribution in [2.45, 2.75) is 40.7 Å². The summed E-state index contributed by atoms with van der Waals surface area (Å²) in [5, 5.41) is 7.44. The third kappa shape index (κ3) is 3.67. The number of aryl methyl sites for hydroxylation is 1. The smallest absolute Gasteiger partial charge is 0.248 e. The highest BCUT2D eigenvalue weighted by atomic mass is 16.5. The van der Waals surface area contributed by atoms with Crippen molar-refractivity contribution in [3.8, 4) is 5.75 Å². The number of para-hydroxylation sites is 1. The third-order valence-electron chi connectivity index (χ3n) is 3.94. The maximum Gasteiger partial charge on any atom is 0.248 e. The number of nitrogens with one attached hydrogen (secondary N) is 1. The predicted molar refractivity (Wildman–Crippen MR) is 97.4 cm³/mol. The number of anilines is 1. The molecule has 1 aromatic carbocycles. The molecule has 0 unspecified atom stereocenters. The predicted octanol–water partition coefficient (Wildman–Crippen LogP) is 4.13. The Morgan fingerprint density at radius 2 is 1.96 bits per heavy atom. The summed E-state index contributed by atoms with van der Waals surface area (Å²) in [6.07, 6.45) is 1.59. The van der Waals surface area contributed by atoms with E-state index in [0.717, 1.165) is 34.0 Å². The molecule has 0 spiro atoms. The van der Waals surface area contributed by atoms with Crippen LogP contribution in [0.1, 0.15) is 43.8 Å². The molecule has 24 heavy (non-hydrogen) atoms. The molecule has 1 aromatic heterocycles. The molecule has 0 fully saturated rings. The normalized spacial score (nSPS) is 11.7. The van der Waals surface area contributed by atoms with Gasteiger partial charge in [-0.2, -0.15) is 5.10 Å². The molecule has 1 N–H and O–H groups in total. The Hall–Kier alpha value is -2.56. The number of hydrogen-bond donors (Lipinski definition) is 1. The molecule has 0 aliphatic carbocycles. The maximum absolute atomic E-state index is 12.4. The number of aromatic nitrogens is 2. The molecular weight excluding hydrogens is 302 g/mol. The van der Waals surface area contributed by atoms with Crippen LogP contribution in [0.3, 0.4) is 0 Å². The van der Waals surface area contributed by atoms with Crippen LogP contribution in [0.2, 0.25) is 0 Å². The Balaban J connectivity index is 2.25. The lowest BCUT2D eigenvalue weighted by Crippen LogP contribution is -2.11. The first-order valence-corrected chi connectivity index (χ1v) is 8.03. The summed E-state index contributed by atoms with van der Waals surface area (Å²) in [5.41, 5.74) is 4.30. The Morgan fingerprint density at radius 1 is 1.29 bits per heavy atom. The zero-order chi connectivity index (χ0) is 17.9. The molecule has 0 aliphatic rings. The van der Waals surface area contributed by atoms with Crippen LogP contribution >= 0.6 is 0 Å². The van der Waals surface area contributed by atoms with E-state index in [1.165, 1.54) is 0 Å². The summed E-state index contributed by atoms with van der Waals surface area (Å²) in [6, 6.07) is 7.90. The van der Waals surface area contributed by atoms with Gasteiger partial charge in [-0.05, 0) is 46.3 Å². The maximum atomic E-state index is 12.4. The van der Waals surface area contributed by atoms with Crippen LogP contribution < -0.4 is 10.1 Å². The van der Waals surface area contributed by atoms with Crippen molar-refractivity contribution in [1.82, 2.24) is 9.78 Å². The van der Waals surface area contributed by atoms with Gasteiger partial charge < -0.3 is 10.1 Å². The van der Waals surface area contributed by atoms with E-state index in [2.05, 4.69) is 24.3 Å². The zero-order valence-corrected chi connectivity index (χ0v) is 15.2. The number of rotatable bonds is 5. The van der Waals surface area contributed by atoms with E-state index in [1.807, 2.05) is 49.7 Å². The standard InChI is InChI=1S/C19H25N3O2/c1-12(2)22-15(5)19(14(4)21-22)20-18(23)11-13(3)16-9-7-8-10-17(16)24-6/h7-12H,1-6H3,(H,20,23)/b13-11-. The number of methoxy groups -OCH3 is 1. The fourth-order valence-corrected chi connectivity index (χ4v) is 2.75. The van der Waals surface area contributed by atoms with Crippen molar-refractivity contribution in [2.24, 2.45) is 0 Å². The van der Waals surface area contributed by atoms with E-state index >= 15 is 0 Å². The van der Waals surface area contributed by atoms with E-state index in [1.54, 1.807) is 13.2 Å². The molecule has 0 atom stereocenters. The molecule has 5 nitrogen and oxygen atoms in total. The van der Waals surface area contributed by atoms with Crippen molar-refractivity contribution in [1.29, 1.82) is 0 Å². The summed E-state index contributed by atoms with van der Waals surface area (Å²) in [5.74, 6) is 0.576. The van der Waals surface area contributed by atoms with Gasteiger partial charge in [0.1, 0.15) is 5.75 Å². The quantitative estimate of drug-likeness (QED) is 0.840. The minimum atomic E-state index is -0.173. The van der Waals surface area contributed by atoms with E-state index < -0.39 is 0 Å². The second-order valence-electron chi connectivity index (χ2n) is 6.10. The van der Waals surface area contributed by atoms with Crippen LogP contribution in [-0.2, 0) is 4.79 Å². The lowest BCUT2D eigenvalue weighted by molar-refractivity contribution is -0.111. The van der Waals surface area contributed by atoms with Crippen LogP contribution in [0.4, 0.5) is 5.69 Å². The molecule has 5 heteroatoms. The van der Waals surface area contributed by atoms with Crippen LogP contribution in [0.25, 0.3) is 5.57 Å². The van der Waals surface area contributed by atoms with Crippen molar-refractivity contribution < 1.29 is 9.53 Å². The number of ether oxygens (including phenoxy) is 1. The number of amides is 1. The fraction of sp³-hybridized carbons (Fsp3) is 0.368. The van der Waals surface area contributed by atoms with Gasteiger partial charge in [0.2, 0.25) is 5.91 Å². The van der Waals surface area contributed by atoms with Gasteiger partial charge in [0.05, 0.1) is 24.2 Å². The fourth-order valence-electron chi connectivity index (χ4n) is 2.75. The molecule has 1 heterocycles. The van der Waals surface area contributed by atoms with Gasteiger partial charge in [-0.25, -0.2) is 0 Å². The van der Waals surface area contributed by atoms with Gasteiger partial charge in [0.25, 0.3) is 0 Å². The summed E-state index contributed by atoms with van der Waals surface area (Å²) in [7, 11) is 1.62.